The Labute approximate surface area is 100 Å². The molecule has 1 aromatic heterocycles. The predicted octanol–water partition coefficient (Wildman–Crippen LogP) is 0.881. The first kappa shape index (κ1) is 11.9. The molecule has 1 fully saturated rings. The normalized spacial score (nSPS) is 16.8. The zero-order valence-corrected chi connectivity index (χ0v) is 9.90. The Kier molecular flexibility index (Phi) is 3.58. The standard InChI is InChI=1S/C12H17N3O2/c1-8-6-9(7-11(13)14-8)12(16)15-10-2-4-17-5-3-10/h6-7,10H,2-5H2,1H3,(H2,13,14)(H,15,16). The number of pyridine rings is 1. The van der Waals surface area contributed by atoms with Crippen LogP contribution in [0.4, 0.5) is 5.82 Å². The number of aryl methyl sites for hydroxylation is 1. The van der Waals surface area contributed by atoms with Crippen LogP contribution in [0.1, 0.15) is 28.9 Å². The van der Waals surface area contributed by atoms with Gasteiger partial charge in [-0.3, -0.25) is 4.79 Å². The van der Waals surface area contributed by atoms with Crippen LogP contribution in [0.5, 0.6) is 0 Å². The van der Waals surface area contributed by atoms with E-state index >= 15 is 0 Å². The van der Waals surface area contributed by atoms with Crippen molar-refractivity contribution in [3.05, 3.63) is 23.4 Å². The van der Waals surface area contributed by atoms with Gasteiger partial charge >= 0.3 is 0 Å². The molecule has 2 rings (SSSR count). The molecule has 1 aromatic rings. The molecule has 0 saturated carbocycles. The van der Waals surface area contributed by atoms with Gasteiger partial charge in [0.15, 0.2) is 0 Å². The van der Waals surface area contributed by atoms with Crippen molar-refractivity contribution in [1.82, 2.24) is 10.3 Å². The number of nitrogens with zero attached hydrogens (tertiary/aromatic N) is 1. The Bertz CT molecular complexity index is 394. The number of hydrogen-bond acceptors (Lipinski definition) is 4. The number of ether oxygens (including phenoxy) is 1. The summed E-state index contributed by atoms with van der Waals surface area (Å²) in [4.78, 5) is 16.0. The van der Waals surface area contributed by atoms with Crippen molar-refractivity contribution in [2.24, 2.45) is 0 Å². The summed E-state index contributed by atoms with van der Waals surface area (Å²) < 4.78 is 5.24. The number of nitrogen functional groups attached to an aromatic ring is 1. The lowest BCUT2D eigenvalue weighted by atomic mass is 10.1. The molecular weight excluding hydrogens is 218 g/mol. The van der Waals surface area contributed by atoms with E-state index < -0.39 is 0 Å². The van der Waals surface area contributed by atoms with Crippen molar-refractivity contribution in [3.8, 4) is 0 Å². The van der Waals surface area contributed by atoms with Gasteiger partial charge in [-0.1, -0.05) is 0 Å². The number of anilines is 1. The van der Waals surface area contributed by atoms with Gasteiger partial charge in [-0.05, 0) is 31.9 Å². The van der Waals surface area contributed by atoms with E-state index in [9.17, 15) is 4.79 Å². The minimum Gasteiger partial charge on any atom is -0.384 e. The van der Waals surface area contributed by atoms with Crippen molar-refractivity contribution in [3.63, 3.8) is 0 Å². The van der Waals surface area contributed by atoms with Crippen LogP contribution in [0.15, 0.2) is 12.1 Å². The van der Waals surface area contributed by atoms with E-state index in [0.29, 0.717) is 24.6 Å². The second-order valence-electron chi connectivity index (χ2n) is 4.28. The first-order valence-corrected chi connectivity index (χ1v) is 5.78. The van der Waals surface area contributed by atoms with Crippen LogP contribution < -0.4 is 11.1 Å². The van der Waals surface area contributed by atoms with Gasteiger partial charge in [0, 0.05) is 30.5 Å². The van der Waals surface area contributed by atoms with Gasteiger partial charge in [0.2, 0.25) is 0 Å². The molecule has 1 saturated heterocycles. The van der Waals surface area contributed by atoms with E-state index in [1.807, 2.05) is 6.92 Å². The quantitative estimate of drug-likeness (QED) is 0.797. The minimum absolute atomic E-state index is 0.0888. The van der Waals surface area contributed by atoms with Crippen molar-refractivity contribution in [2.45, 2.75) is 25.8 Å². The van der Waals surface area contributed by atoms with Crippen LogP contribution in [-0.2, 0) is 4.74 Å². The number of nitrogens with two attached hydrogens (primary N) is 1. The molecule has 17 heavy (non-hydrogen) atoms. The third-order valence-corrected chi connectivity index (χ3v) is 2.79. The fraction of sp³-hybridized carbons (Fsp3) is 0.500. The van der Waals surface area contributed by atoms with E-state index in [1.54, 1.807) is 12.1 Å². The third-order valence-electron chi connectivity index (χ3n) is 2.79. The fourth-order valence-corrected chi connectivity index (χ4v) is 1.94. The van der Waals surface area contributed by atoms with E-state index in [1.165, 1.54) is 0 Å². The summed E-state index contributed by atoms with van der Waals surface area (Å²) in [6.45, 7) is 3.24. The zero-order chi connectivity index (χ0) is 12.3. The van der Waals surface area contributed by atoms with Gasteiger partial charge in [0.05, 0.1) is 0 Å². The molecule has 5 nitrogen and oxygen atoms in total. The van der Waals surface area contributed by atoms with Crippen molar-refractivity contribution < 1.29 is 9.53 Å². The monoisotopic (exact) mass is 235 g/mol. The fourth-order valence-electron chi connectivity index (χ4n) is 1.94. The lowest BCUT2D eigenvalue weighted by molar-refractivity contribution is 0.0696. The maximum absolute atomic E-state index is 12.0. The Balaban J connectivity index is 2.03. The van der Waals surface area contributed by atoms with Crippen LogP contribution in [-0.4, -0.2) is 30.1 Å². The van der Waals surface area contributed by atoms with Gasteiger partial charge in [-0.25, -0.2) is 4.98 Å². The number of nitrogens with one attached hydrogen (secondary N) is 1. The van der Waals surface area contributed by atoms with Crippen molar-refractivity contribution in [2.75, 3.05) is 18.9 Å². The highest BCUT2D eigenvalue weighted by atomic mass is 16.5. The van der Waals surface area contributed by atoms with Crippen molar-refractivity contribution >= 4 is 11.7 Å². The molecule has 0 bridgehead atoms. The van der Waals surface area contributed by atoms with Gasteiger partial charge in [-0.2, -0.15) is 0 Å². The number of rotatable bonds is 2. The first-order chi connectivity index (χ1) is 8.15. The number of amides is 1. The Morgan fingerprint density at radius 1 is 1.47 bits per heavy atom. The number of aromatic nitrogens is 1. The van der Waals surface area contributed by atoms with Crippen LogP contribution in [0.2, 0.25) is 0 Å². The number of hydrogen-bond donors (Lipinski definition) is 2. The molecule has 1 aliphatic rings. The third kappa shape index (κ3) is 3.17. The van der Waals surface area contributed by atoms with E-state index in [4.69, 9.17) is 10.5 Å². The summed E-state index contributed by atoms with van der Waals surface area (Å²) in [6, 6.07) is 3.54. The Hall–Kier alpha value is -1.62. The molecule has 0 aliphatic carbocycles. The highest BCUT2D eigenvalue weighted by Crippen LogP contribution is 2.10. The highest BCUT2D eigenvalue weighted by Gasteiger charge is 2.17. The average Bonchev–Trinajstić information content (AvgIpc) is 2.29. The molecule has 0 atom stereocenters. The van der Waals surface area contributed by atoms with Crippen LogP contribution in [0.25, 0.3) is 0 Å². The van der Waals surface area contributed by atoms with Gasteiger partial charge < -0.3 is 15.8 Å². The molecular formula is C12H17N3O2. The van der Waals surface area contributed by atoms with E-state index in [0.717, 1.165) is 18.5 Å². The Morgan fingerprint density at radius 3 is 2.82 bits per heavy atom. The smallest absolute Gasteiger partial charge is 0.251 e. The molecule has 0 unspecified atom stereocenters. The lowest BCUT2D eigenvalue weighted by Crippen LogP contribution is -2.38. The summed E-state index contributed by atoms with van der Waals surface area (Å²) >= 11 is 0. The van der Waals surface area contributed by atoms with E-state index in [-0.39, 0.29) is 11.9 Å². The molecule has 0 aromatic carbocycles. The number of carbonyl (C=O) groups is 1. The maximum atomic E-state index is 12.0. The highest BCUT2D eigenvalue weighted by molar-refractivity contribution is 5.95. The molecule has 92 valence electrons. The summed E-state index contributed by atoms with van der Waals surface area (Å²) in [7, 11) is 0. The van der Waals surface area contributed by atoms with Crippen LogP contribution >= 0.6 is 0 Å². The largest absolute Gasteiger partial charge is 0.384 e. The maximum Gasteiger partial charge on any atom is 0.251 e. The summed E-state index contributed by atoms with van der Waals surface area (Å²) in [5.74, 6) is 0.288. The van der Waals surface area contributed by atoms with E-state index in [2.05, 4.69) is 10.3 Å². The molecule has 1 aliphatic heterocycles. The second kappa shape index (κ2) is 5.14. The Morgan fingerprint density at radius 2 is 2.18 bits per heavy atom. The molecule has 3 N–H and O–H groups in total. The SMILES string of the molecule is Cc1cc(C(=O)NC2CCOCC2)cc(N)n1. The lowest BCUT2D eigenvalue weighted by Gasteiger charge is -2.23. The number of carbonyl (C=O) groups excluding carboxylic acids is 1. The van der Waals surface area contributed by atoms with Crippen LogP contribution in [0, 0.1) is 6.92 Å². The molecule has 0 radical (unpaired) electrons. The van der Waals surface area contributed by atoms with Crippen LogP contribution in [0.3, 0.4) is 0 Å². The summed E-state index contributed by atoms with van der Waals surface area (Å²) in [5, 5.41) is 2.99. The van der Waals surface area contributed by atoms with Gasteiger partial charge in [0.25, 0.3) is 5.91 Å². The first-order valence-electron chi connectivity index (χ1n) is 5.78. The molecule has 1 amide bonds. The summed E-state index contributed by atoms with van der Waals surface area (Å²) in [5.41, 5.74) is 6.94. The minimum atomic E-state index is -0.0888. The second-order valence-corrected chi connectivity index (χ2v) is 4.28. The van der Waals surface area contributed by atoms with Gasteiger partial charge in [0.1, 0.15) is 5.82 Å². The molecule has 2 heterocycles. The average molecular weight is 235 g/mol. The summed E-state index contributed by atoms with van der Waals surface area (Å²) in [6.07, 6.45) is 1.73. The predicted molar refractivity (Wildman–Crippen MR) is 64.7 cm³/mol. The zero-order valence-electron chi connectivity index (χ0n) is 9.90. The molecule has 0 spiro atoms. The van der Waals surface area contributed by atoms with Gasteiger partial charge in [-0.15, -0.1) is 0 Å². The molecule has 5 heteroatoms. The topological polar surface area (TPSA) is 77.2 Å². The van der Waals surface area contributed by atoms with Crippen molar-refractivity contribution in [1.29, 1.82) is 0 Å².